The molecule has 3 rings (SSSR count). The molecule has 6 nitrogen and oxygen atoms in total. The molecule has 162 valence electrons. The monoisotopic (exact) mass is 420 g/mol. The summed E-state index contributed by atoms with van der Waals surface area (Å²) in [6, 6.07) is 18.4. The number of hydrogen-bond donors (Lipinski definition) is 1. The van der Waals surface area contributed by atoms with E-state index in [0.717, 1.165) is 11.4 Å². The molecule has 0 spiro atoms. The van der Waals surface area contributed by atoms with E-state index in [2.05, 4.69) is 10.3 Å². The lowest BCUT2D eigenvalue weighted by Gasteiger charge is -2.12. The van der Waals surface area contributed by atoms with E-state index in [4.69, 9.17) is 14.2 Å². The van der Waals surface area contributed by atoms with Gasteiger partial charge in [-0.3, -0.25) is 9.78 Å². The highest BCUT2D eigenvalue weighted by atomic mass is 16.5. The summed E-state index contributed by atoms with van der Waals surface area (Å²) in [5.74, 6) is 1.81. The Morgan fingerprint density at radius 2 is 1.74 bits per heavy atom. The molecule has 31 heavy (non-hydrogen) atoms. The summed E-state index contributed by atoms with van der Waals surface area (Å²) in [5.41, 5.74) is 2.75. The number of carbonyl (C=O) groups is 1. The van der Waals surface area contributed by atoms with Gasteiger partial charge in [0.1, 0.15) is 17.2 Å². The molecule has 2 aromatic carbocycles. The summed E-state index contributed by atoms with van der Waals surface area (Å²) in [7, 11) is 1.67. The molecule has 0 fully saturated rings. The lowest BCUT2D eigenvalue weighted by atomic mass is 10.1. The van der Waals surface area contributed by atoms with E-state index in [0.29, 0.717) is 41.5 Å². The third-order valence-corrected chi connectivity index (χ3v) is 4.73. The number of pyridine rings is 1. The predicted octanol–water partition coefficient (Wildman–Crippen LogP) is 5.41. The first kappa shape index (κ1) is 22.3. The minimum absolute atomic E-state index is 0.0727. The number of carbonyl (C=O) groups excluding carboxylic acids is 1. The second-order valence-electron chi connectivity index (χ2n) is 7.18. The van der Waals surface area contributed by atoms with Gasteiger partial charge in [-0.2, -0.15) is 0 Å². The molecule has 1 heterocycles. The minimum Gasteiger partial charge on any atom is -0.494 e. The van der Waals surface area contributed by atoms with Crippen molar-refractivity contribution in [3.8, 4) is 17.2 Å². The first-order valence-electron chi connectivity index (χ1n) is 10.3. The largest absolute Gasteiger partial charge is 0.494 e. The van der Waals surface area contributed by atoms with Gasteiger partial charge in [-0.05, 0) is 57.2 Å². The Hall–Kier alpha value is -3.38. The standard InChI is InChI=1S/C25H28N2O4/c1-5-30-21-9-7-11-23(16-21)31-22-10-6-8-19(15-22)27-25(28)24-13-12-20(26-18(24)3)14-17(2)29-4/h6-13,15-17H,5,14H2,1-4H3,(H,27,28). The van der Waals surface area contributed by atoms with Gasteiger partial charge >= 0.3 is 0 Å². The fourth-order valence-corrected chi connectivity index (χ4v) is 3.11. The molecule has 0 saturated carbocycles. The number of hydrogen-bond acceptors (Lipinski definition) is 5. The van der Waals surface area contributed by atoms with E-state index in [1.807, 2.05) is 69.3 Å². The molecular formula is C25H28N2O4. The fourth-order valence-electron chi connectivity index (χ4n) is 3.11. The molecule has 1 unspecified atom stereocenters. The van der Waals surface area contributed by atoms with E-state index in [-0.39, 0.29) is 12.0 Å². The molecular weight excluding hydrogens is 392 g/mol. The average molecular weight is 421 g/mol. The molecule has 3 aromatic rings. The number of methoxy groups -OCH3 is 1. The van der Waals surface area contributed by atoms with E-state index in [9.17, 15) is 4.79 Å². The fraction of sp³-hybridized carbons (Fsp3) is 0.280. The summed E-state index contributed by atoms with van der Waals surface area (Å²) < 4.78 is 16.7. The normalized spacial score (nSPS) is 11.6. The van der Waals surface area contributed by atoms with Gasteiger partial charge in [-0.15, -0.1) is 0 Å². The Kier molecular flexibility index (Phi) is 7.62. The molecule has 1 aromatic heterocycles. The van der Waals surface area contributed by atoms with Crippen molar-refractivity contribution in [2.45, 2.75) is 33.3 Å². The van der Waals surface area contributed by atoms with Crippen LogP contribution in [0.1, 0.15) is 35.6 Å². The third-order valence-electron chi connectivity index (χ3n) is 4.73. The third kappa shape index (κ3) is 6.30. The maximum atomic E-state index is 12.8. The van der Waals surface area contributed by atoms with Crippen LogP contribution in [0.3, 0.4) is 0 Å². The zero-order chi connectivity index (χ0) is 22.2. The summed E-state index contributed by atoms with van der Waals surface area (Å²) in [6.45, 7) is 6.34. The molecule has 1 atom stereocenters. The summed E-state index contributed by atoms with van der Waals surface area (Å²) in [6.07, 6.45) is 0.770. The van der Waals surface area contributed by atoms with E-state index in [1.165, 1.54) is 0 Å². The SMILES string of the molecule is CCOc1cccc(Oc2cccc(NC(=O)c3ccc(CC(C)OC)nc3C)c2)c1. The van der Waals surface area contributed by atoms with Crippen molar-refractivity contribution in [1.82, 2.24) is 4.98 Å². The molecule has 1 amide bonds. The molecule has 0 radical (unpaired) electrons. The Morgan fingerprint density at radius 1 is 1.03 bits per heavy atom. The number of aromatic nitrogens is 1. The molecule has 1 N–H and O–H groups in total. The quantitative estimate of drug-likeness (QED) is 0.501. The van der Waals surface area contributed by atoms with Crippen LogP contribution in [0.25, 0.3) is 0 Å². The van der Waals surface area contributed by atoms with Gasteiger partial charge in [0.05, 0.1) is 24.0 Å². The van der Waals surface area contributed by atoms with Gasteiger partial charge in [0.15, 0.2) is 0 Å². The lowest BCUT2D eigenvalue weighted by molar-refractivity contribution is 0.102. The van der Waals surface area contributed by atoms with Crippen LogP contribution in [0.4, 0.5) is 5.69 Å². The molecule has 0 saturated heterocycles. The van der Waals surface area contributed by atoms with Crippen molar-refractivity contribution in [1.29, 1.82) is 0 Å². The highest BCUT2D eigenvalue weighted by molar-refractivity contribution is 6.05. The molecule has 0 aliphatic rings. The topological polar surface area (TPSA) is 69.7 Å². The van der Waals surface area contributed by atoms with Gasteiger partial charge in [0.2, 0.25) is 0 Å². The van der Waals surface area contributed by atoms with Crippen LogP contribution in [0.5, 0.6) is 17.2 Å². The van der Waals surface area contributed by atoms with Gasteiger partial charge in [0.25, 0.3) is 5.91 Å². The number of amides is 1. The second kappa shape index (κ2) is 10.6. The zero-order valence-corrected chi connectivity index (χ0v) is 18.3. The molecule has 0 aliphatic carbocycles. The smallest absolute Gasteiger partial charge is 0.257 e. The van der Waals surface area contributed by atoms with E-state index in [1.54, 1.807) is 19.2 Å². The Bertz CT molecular complexity index is 1040. The van der Waals surface area contributed by atoms with Crippen LogP contribution < -0.4 is 14.8 Å². The number of nitrogens with one attached hydrogen (secondary N) is 1. The maximum absolute atomic E-state index is 12.8. The van der Waals surface area contributed by atoms with Crippen LogP contribution in [0, 0.1) is 6.92 Å². The minimum atomic E-state index is -0.216. The Morgan fingerprint density at radius 3 is 2.45 bits per heavy atom. The number of aryl methyl sites for hydroxylation is 1. The first-order chi connectivity index (χ1) is 15.0. The van der Waals surface area contributed by atoms with Crippen LogP contribution in [-0.2, 0) is 11.2 Å². The molecule has 6 heteroatoms. The number of nitrogens with zero attached hydrogens (tertiary/aromatic N) is 1. The highest BCUT2D eigenvalue weighted by Gasteiger charge is 2.13. The lowest BCUT2D eigenvalue weighted by Crippen LogP contribution is -2.16. The van der Waals surface area contributed by atoms with Crippen molar-refractivity contribution < 1.29 is 19.0 Å². The van der Waals surface area contributed by atoms with Crippen LogP contribution >= 0.6 is 0 Å². The van der Waals surface area contributed by atoms with Gasteiger partial charge in [-0.25, -0.2) is 0 Å². The van der Waals surface area contributed by atoms with Gasteiger partial charge < -0.3 is 19.5 Å². The number of ether oxygens (including phenoxy) is 3. The zero-order valence-electron chi connectivity index (χ0n) is 18.3. The Balaban J connectivity index is 1.69. The van der Waals surface area contributed by atoms with E-state index >= 15 is 0 Å². The van der Waals surface area contributed by atoms with Crippen molar-refractivity contribution in [3.05, 3.63) is 77.6 Å². The Labute approximate surface area is 183 Å². The highest BCUT2D eigenvalue weighted by Crippen LogP contribution is 2.27. The first-order valence-corrected chi connectivity index (χ1v) is 10.3. The number of anilines is 1. The van der Waals surface area contributed by atoms with Crippen molar-refractivity contribution in [2.75, 3.05) is 19.0 Å². The van der Waals surface area contributed by atoms with Crippen LogP contribution in [0.2, 0.25) is 0 Å². The van der Waals surface area contributed by atoms with Crippen LogP contribution in [-0.4, -0.2) is 30.7 Å². The van der Waals surface area contributed by atoms with Crippen molar-refractivity contribution in [2.24, 2.45) is 0 Å². The summed E-state index contributed by atoms with van der Waals surface area (Å²) in [4.78, 5) is 17.3. The molecule has 0 aliphatic heterocycles. The van der Waals surface area contributed by atoms with Crippen molar-refractivity contribution in [3.63, 3.8) is 0 Å². The predicted molar refractivity (Wildman–Crippen MR) is 121 cm³/mol. The average Bonchev–Trinajstić information content (AvgIpc) is 2.74. The summed E-state index contributed by atoms with van der Waals surface area (Å²) >= 11 is 0. The van der Waals surface area contributed by atoms with Crippen LogP contribution in [0.15, 0.2) is 60.7 Å². The van der Waals surface area contributed by atoms with E-state index < -0.39 is 0 Å². The number of rotatable bonds is 9. The van der Waals surface area contributed by atoms with Gasteiger partial charge in [0, 0.05) is 37.0 Å². The second-order valence-corrected chi connectivity index (χ2v) is 7.18. The van der Waals surface area contributed by atoms with Gasteiger partial charge in [-0.1, -0.05) is 12.1 Å². The molecule has 0 bridgehead atoms. The number of benzene rings is 2. The maximum Gasteiger partial charge on any atom is 0.257 e. The summed E-state index contributed by atoms with van der Waals surface area (Å²) in [5, 5.41) is 2.92. The van der Waals surface area contributed by atoms with Crippen molar-refractivity contribution >= 4 is 11.6 Å².